The van der Waals surface area contributed by atoms with Gasteiger partial charge in [-0.1, -0.05) is 22.0 Å². The molecule has 1 aromatic rings. The van der Waals surface area contributed by atoms with Crippen molar-refractivity contribution in [2.24, 2.45) is 0 Å². The van der Waals surface area contributed by atoms with Gasteiger partial charge in [-0.15, -0.1) is 0 Å². The molecule has 0 heterocycles. The van der Waals surface area contributed by atoms with Gasteiger partial charge in [0.05, 0.1) is 7.11 Å². The first-order valence-corrected chi connectivity index (χ1v) is 7.22. The molecule has 0 saturated heterocycles. The zero-order valence-corrected chi connectivity index (χ0v) is 12.7. The lowest BCUT2D eigenvalue weighted by Crippen LogP contribution is -2.32. The van der Waals surface area contributed by atoms with E-state index in [4.69, 9.17) is 4.74 Å². The van der Waals surface area contributed by atoms with Crippen molar-refractivity contribution < 1.29 is 9.53 Å². The van der Waals surface area contributed by atoms with E-state index in [1.54, 1.807) is 13.2 Å². The third-order valence-corrected chi connectivity index (χ3v) is 3.38. The average Bonchev–Trinajstić information content (AvgIpc) is 2.36. The lowest BCUT2D eigenvalue weighted by Gasteiger charge is -2.14. The van der Waals surface area contributed by atoms with E-state index >= 15 is 0 Å². The maximum atomic E-state index is 12.0. The summed E-state index contributed by atoms with van der Waals surface area (Å²) in [6, 6.07) is 5.69. The number of carbonyl (C=O) groups excluding carboxylic acids is 1. The normalized spacial score (nSPS) is 12.0. The zero-order valence-electron chi connectivity index (χ0n) is 11.1. The van der Waals surface area contributed by atoms with Crippen LogP contribution in [0.2, 0.25) is 0 Å². The molecule has 1 rings (SSSR count). The van der Waals surface area contributed by atoms with E-state index in [9.17, 15) is 4.79 Å². The van der Waals surface area contributed by atoms with Gasteiger partial charge < -0.3 is 10.1 Å². The number of rotatable bonds is 6. The molecule has 0 bridgehead atoms. The van der Waals surface area contributed by atoms with Gasteiger partial charge in [-0.3, -0.25) is 4.79 Å². The van der Waals surface area contributed by atoms with Crippen LogP contribution in [0.1, 0.15) is 35.7 Å². The summed E-state index contributed by atoms with van der Waals surface area (Å²) in [5, 5.41) is 3.95. The summed E-state index contributed by atoms with van der Waals surface area (Å²) in [5.74, 6) is 0.700. The third kappa shape index (κ3) is 4.33. The van der Waals surface area contributed by atoms with Crippen LogP contribution >= 0.6 is 15.9 Å². The fourth-order valence-corrected chi connectivity index (χ4v) is 2.05. The van der Waals surface area contributed by atoms with Gasteiger partial charge in [0.2, 0.25) is 0 Å². The van der Waals surface area contributed by atoms with E-state index in [1.807, 2.05) is 26.0 Å². The Kier molecular flexibility index (Phi) is 6.19. The molecule has 1 aromatic carbocycles. The van der Waals surface area contributed by atoms with Crippen LogP contribution in [0.5, 0.6) is 5.75 Å². The van der Waals surface area contributed by atoms with Crippen LogP contribution in [-0.2, 0) is 0 Å². The van der Waals surface area contributed by atoms with Crippen molar-refractivity contribution in [3.8, 4) is 5.75 Å². The van der Waals surface area contributed by atoms with Gasteiger partial charge >= 0.3 is 0 Å². The molecule has 18 heavy (non-hydrogen) atoms. The number of benzene rings is 1. The lowest BCUT2D eigenvalue weighted by atomic mass is 10.1. The van der Waals surface area contributed by atoms with Gasteiger partial charge in [0, 0.05) is 16.9 Å². The highest BCUT2D eigenvalue weighted by Crippen LogP contribution is 2.19. The number of hydrogen-bond donors (Lipinski definition) is 1. The molecule has 100 valence electrons. The molecule has 0 aromatic heterocycles. The predicted molar refractivity (Wildman–Crippen MR) is 77.7 cm³/mol. The van der Waals surface area contributed by atoms with Crippen LogP contribution in [0, 0.1) is 6.92 Å². The first-order chi connectivity index (χ1) is 8.58. The molecule has 0 fully saturated rings. The number of methoxy groups -OCH3 is 1. The van der Waals surface area contributed by atoms with Crippen LogP contribution < -0.4 is 10.1 Å². The summed E-state index contributed by atoms with van der Waals surface area (Å²) in [7, 11) is 1.61. The summed E-state index contributed by atoms with van der Waals surface area (Å²) < 4.78 is 5.22. The monoisotopic (exact) mass is 313 g/mol. The third-order valence-electron chi connectivity index (χ3n) is 2.82. The molecule has 0 aliphatic carbocycles. The Balaban J connectivity index is 2.66. The Morgan fingerprint density at radius 2 is 2.22 bits per heavy atom. The highest BCUT2D eigenvalue weighted by molar-refractivity contribution is 9.09. The Hall–Kier alpha value is -1.03. The van der Waals surface area contributed by atoms with Crippen LogP contribution in [0.25, 0.3) is 0 Å². The minimum atomic E-state index is -0.0460. The fraction of sp³-hybridized carbons (Fsp3) is 0.500. The smallest absolute Gasteiger partial charge is 0.251 e. The van der Waals surface area contributed by atoms with Gasteiger partial charge in [0.25, 0.3) is 5.91 Å². The number of aryl methyl sites for hydroxylation is 1. The molecule has 3 nitrogen and oxygen atoms in total. The fourth-order valence-electron chi connectivity index (χ4n) is 1.72. The van der Waals surface area contributed by atoms with Gasteiger partial charge in [-0.25, -0.2) is 0 Å². The maximum absolute atomic E-state index is 12.0. The maximum Gasteiger partial charge on any atom is 0.251 e. The summed E-state index contributed by atoms with van der Waals surface area (Å²) in [4.78, 5) is 12.0. The minimum absolute atomic E-state index is 0.0460. The van der Waals surface area contributed by atoms with E-state index < -0.39 is 0 Å². The van der Waals surface area contributed by atoms with Crippen LogP contribution in [0.4, 0.5) is 0 Å². The Bertz CT molecular complexity index is 407. The van der Waals surface area contributed by atoms with Crippen LogP contribution in [0.3, 0.4) is 0 Å². The van der Waals surface area contributed by atoms with Gasteiger partial charge in [-0.2, -0.15) is 0 Å². The molecule has 1 amide bonds. The van der Waals surface area contributed by atoms with Crippen molar-refractivity contribution in [1.82, 2.24) is 5.32 Å². The van der Waals surface area contributed by atoms with Crippen molar-refractivity contribution in [2.45, 2.75) is 32.7 Å². The summed E-state index contributed by atoms with van der Waals surface area (Å²) in [5.41, 5.74) is 1.67. The topological polar surface area (TPSA) is 38.3 Å². The lowest BCUT2D eigenvalue weighted by molar-refractivity contribution is 0.0938. The molecule has 1 unspecified atom stereocenters. The molecule has 4 heteroatoms. The van der Waals surface area contributed by atoms with E-state index in [-0.39, 0.29) is 11.9 Å². The summed E-state index contributed by atoms with van der Waals surface area (Å²) >= 11 is 3.39. The first-order valence-electron chi connectivity index (χ1n) is 6.10. The second-order valence-electron chi connectivity index (χ2n) is 4.39. The van der Waals surface area contributed by atoms with Gasteiger partial charge in [0.1, 0.15) is 5.75 Å². The predicted octanol–water partition coefficient (Wildman–Crippen LogP) is 3.30. The van der Waals surface area contributed by atoms with Gasteiger partial charge in [-0.05, 0) is 44.4 Å². The van der Waals surface area contributed by atoms with E-state index in [1.165, 1.54) is 0 Å². The molecule has 0 saturated carbocycles. The summed E-state index contributed by atoms with van der Waals surface area (Å²) in [6.45, 7) is 3.98. The number of alkyl halides is 1. The van der Waals surface area contributed by atoms with Crippen molar-refractivity contribution in [3.63, 3.8) is 0 Å². The molecule has 0 spiro atoms. The van der Waals surface area contributed by atoms with Crippen LogP contribution in [-0.4, -0.2) is 24.4 Å². The second-order valence-corrected chi connectivity index (χ2v) is 5.18. The molecule has 1 N–H and O–H groups in total. The molecule has 0 radical (unpaired) electrons. The number of hydrogen-bond acceptors (Lipinski definition) is 2. The highest BCUT2D eigenvalue weighted by atomic mass is 79.9. The van der Waals surface area contributed by atoms with Crippen molar-refractivity contribution in [3.05, 3.63) is 29.3 Å². The molecular weight excluding hydrogens is 294 g/mol. The Morgan fingerprint density at radius 1 is 1.50 bits per heavy atom. The number of nitrogens with one attached hydrogen (secondary N) is 1. The summed E-state index contributed by atoms with van der Waals surface area (Å²) in [6.07, 6.45) is 2.03. The van der Waals surface area contributed by atoms with Crippen molar-refractivity contribution in [1.29, 1.82) is 0 Å². The van der Waals surface area contributed by atoms with E-state index in [0.29, 0.717) is 5.56 Å². The standard InChI is InChI=1S/C14H20BrNO2/c1-10-6-7-12(9-13(10)18-3)14(17)16-11(2)5-4-8-15/h6-7,9,11H,4-5,8H2,1-3H3,(H,16,17). The number of halogens is 1. The first kappa shape index (κ1) is 15.0. The SMILES string of the molecule is COc1cc(C(=O)NC(C)CCCBr)ccc1C. The van der Waals surface area contributed by atoms with Crippen LogP contribution in [0.15, 0.2) is 18.2 Å². The largest absolute Gasteiger partial charge is 0.496 e. The minimum Gasteiger partial charge on any atom is -0.496 e. The molecule has 0 aliphatic rings. The van der Waals surface area contributed by atoms with Crippen molar-refractivity contribution in [2.75, 3.05) is 12.4 Å². The average molecular weight is 314 g/mol. The number of carbonyl (C=O) groups is 1. The number of ether oxygens (including phenoxy) is 1. The van der Waals surface area contributed by atoms with Crippen molar-refractivity contribution >= 4 is 21.8 Å². The Morgan fingerprint density at radius 3 is 2.83 bits per heavy atom. The van der Waals surface area contributed by atoms with Gasteiger partial charge in [0.15, 0.2) is 0 Å². The van der Waals surface area contributed by atoms with E-state index in [0.717, 1.165) is 29.5 Å². The second kappa shape index (κ2) is 7.41. The Labute approximate surface area is 117 Å². The number of amides is 1. The van der Waals surface area contributed by atoms with E-state index in [2.05, 4.69) is 21.2 Å². The highest BCUT2D eigenvalue weighted by Gasteiger charge is 2.11. The quantitative estimate of drug-likeness (QED) is 0.818. The zero-order chi connectivity index (χ0) is 13.5. The molecular formula is C14H20BrNO2. The molecule has 1 atom stereocenters. The molecule has 0 aliphatic heterocycles.